The highest BCUT2D eigenvalue weighted by Gasteiger charge is 2.18. The van der Waals surface area contributed by atoms with Crippen molar-refractivity contribution >= 4 is 40.3 Å². The van der Waals surface area contributed by atoms with Gasteiger partial charge >= 0.3 is 0 Å². The maximum Gasteiger partial charge on any atom is 0.204 e. The van der Waals surface area contributed by atoms with Gasteiger partial charge in [0.1, 0.15) is 11.5 Å². The Balaban J connectivity index is 2.41. The number of carbonyl (C=O) groups excluding carboxylic acids is 1. The summed E-state index contributed by atoms with van der Waals surface area (Å²) in [7, 11) is 3.04. The quantitative estimate of drug-likeness (QED) is 0.789. The van der Waals surface area contributed by atoms with E-state index in [1.807, 2.05) is 0 Å². The lowest BCUT2D eigenvalue weighted by molar-refractivity contribution is 0.104. The molecule has 1 aromatic heterocycles. The van der Waals surface area contributed by atoms with Gasteiger partial charge < -0.3 is 9.47 Å². The minimum atomic E-state index is -0.192. The Bertz CT molecular complexity index is 622. The highest BCUT2D eigenvalue weighted by Crippen LogP contribution is 2.33. The topological polar surface area (TPSA) is 35.5 Å². The van der Waals surface area contributed by atoms with Crippen molar-refractivity contribution in [2.45, 2.75) is 0 Å². The first kappa shape index (κ1) is 14.2. The zero-order valence-electron chi connectivity index (χ0n) is 10.2. The van der Waals surface area contributed by atoms with Crippen LogP contribution in [0.1, 0.15) is 15.2 Å². The zero-order valence-corrected chi connectivity index (χ0v) is 12.5. The lowest BCUT2D eigenvalue weighted by Crippen LogP contribution is -2.00. The van der Waals surface area contributed by atoms with E-state index in [9.17, 15) is 4.79 Å². The van der Waals surface area contributed by atoms with Crippen LogP contribution < -0.4 is 9.47 Å². The molecule has 0 aliphatic heterocycles. The lowest BCUT2D eigenvalue weighted by Gasteiger charge is -2.07. The van der Waals surface area contributed by atoms with Gasteiger partial charge in [0.15, 0.2) is 0 Å². The van der Waals surface area contributed by atoms with Gasteiger partial charge in [0.2, 0.25) is 5.78 Å². The molecule has 0 bridgehead atoms. The second-order valence-corrected chi connectivity index (χ2v) is 5.37. The second kappa shape index (κ2) is 5.82. The van der Waals surface area contributed by atoms with Crippen molar-refractivity contribution in [3.8, 4) is 11.5 Å². The van der Waals surface area contributed by atoms with E-state index in [0.717, 1.165) is 0 Å². The standard InChI is InChI=1S/C13H10Cl2O3S/c1-17-7-3-12(19-6-7)13(16)8-4-10(15)11(18-2)5-9(8)14/h3-6H,1-2H3. The maximum absolute atomic E-state index is 12.3. The van der Waals surface area contributed by atoms with Gasteiger partial charge in [-0.3, -0.25) is 4.79 Å². The molecule has 100 valence electrons. The van der Waals surface area contributed by atoms with Crippen molar-refractivity contribution in [1.82, 2.24) is 0 Å². The Morgan fingerprint density at radius 2 is 1.84 bits per heavy atom. The van der Waals surface area contributed by atoms with Gasteiger partial charge in [0.25, 0.3) is 0 Å². The fraction of sp³-hybridized carbons (Fsp3) is 0.154. The van der Waals surface area contributed by atoms with Crippen LogP contribution in [0.3, 0.4) is 0 Å². The average molecular weight is 317 g/mol. The highest BCUT2D eigenvalue weighted by atomic mass is 35.5. The molecule has 0 radical (unpaired) electrons. The number of methoxy groups -OCH3 is 2. The molecule has 19 heavy (non-hydrogen) atoms. The van der Waals surface area contributed by atoms with Crippen LogP contribution in [0, 0.1) is 0 Å². The predicted molar refractivity (Wildman–Crippen MR) is 77.3 cm³/mol. The molecule has 0 aliphatic carbocycles. The molecule has 0 N–H and O–H groups in total. The van der Waals surface area contributed by atoms with E-state index in [1.165, 1.54) is 30.6 Å². The SMILES string of the molecule is COc1csc(C(=O)c2cc(Cl)c(OC)cc2Cl)c1. The van der Waals surface area contributed by atoms with Crippen molar-refractivity contribution < 1.29 is 14.3 Å². The summed E-state index contributed by atoms with van der Waals surface area (Å²) in [6.45, 7) is 0. The van der Waals surface area contributed by atoms with E-state index in [-0.39, 0.29) is 5.78 Å². The van der Waals surface area contributed by atoms with Gasteiger partial charge in [-0.25, -0.2) is 0 Å². The molecule has 0 saturated heterocycles. The van der Waals surface area contributed by atoms with E-state index in [4.69, 9.17) is 32.7 Å². The molecule has 0 amide bonds. The molecular formula is C13H10Cl2O3S. The van der Waals surface area contributed by atoms with Gasteiger partial charge in [-0.15, -0.1) is 11.3 Å². The third kappa shape index (κ3) is 2.86. The third-order valence-corrected chi connectivity index (χ3v) is 4.04. The molecule has 3 nitrogen and oxygen atoms in total. The number of ketones is 1. The number of benzene rings is 1. The van der Waals surface area contributed by atoms with Crippen molar-refractivity contribution in [2.75, 3.05) is 14.2 Å². The van der Waals surface area contributed by atoms with E-state index >= 15 is 0 Å². The number of hydrogen-bond acceptors (Lipinski definition) is 4. The Morgan fingerprint density at radius 1 is 1.11 bits per heavy atom. The fourth-order valence-corrected chi connectivity index (χ4v) is 2.83. The molecule has 1 heterocycles. The Kier molecular flexibility index (Phi) is 4.34. The molecular weight excluding hydrogens is 307 g/mol. The molecule has 0 saturated carbocycles. The van der Waals surface area contributed by atoms with Crippen LogP contribution in [-0.4, -0.2) is 20.0 Å². The minimum absolute atomic E-state index is 0.192. The van der Waals surface area contributed by atoms with Crippen LogP contribution in [0.15, 0.2) is 23.6 Å². The molecule has 6 heteroatoms. The number of thiophene rings is 1. The summed E-state index contributed by atoms with van der Waals surface area (Å²) in [6.07, 6.45) is 0. The van der Waals surface area contributed by atoms with Gasteiger partial charge in [-0.2, -0.15) is 0 Å². The summed E-state index contributed by atoms with van der Waals surface area (Å²) in [6, 6.07) is 4.71. The minimum Gasteiger partial charge on any atom is -0.496 e. The fourth-order valence-electron chi connectivity index (χ4n) is 1.54. The van der Waals surface area contributed by atoms with Crippen LogP contribution in [0.5, 0.6) is 11.5 Å². The first-order valence-electron chi connectivity index (χ1n) is 5.27. The van der Waals surface area contributed by atoms with Crippen LogP contribution in [0.2, 0.25) is 10.0 Å². The highest BCUT2D eigenvalue weighted by molar-refractivity contribution is 7.12. The summed E-state index contributed by atoms with van der Waals surface area (Å²) in [4.78, 5) is 12.9. The van der Waals surface area contributed by atoms with Gasteiger partial charge in [-0.05, 0) is 6.07 Å². The van der Waals surface area contributed by atoms with Crippen LogP contribution in [0.4, 0.5) is 0 Å². The average Bonchev–Trinajstić information content (AvgIpc) is 2.89. The van der Waals surface area contributed by atoms with Crippen LogP contribution in [-0.2, 0) is 0 Å². The largest absolute Gasteiger partial charge is 0.496 e. The molecule has 2 rings (SSSR count). The molecule has 0 unspecified atom stereocenters. The first-order chi connectivity index (χ1) is 9.06. The number of rotatable bonds is 4. The molecule has 0 atom stereocenters. The van der Waals surface area contributed by atoms with E-state index in [1.54, 1.807) is 18.6 Å². The predicted octanol–water partition coefficient (Wildman–Crippen LogP) is 4.30. The van der Waals surface area contributed by atoms with E-state index in [2.05, 4.69) is 0 Å². The molecule has 0 spiro atoms. The maximum atomic E-state index is 12.3. The summed E-state index contributed by atoms with van der Waals surface area (Å²) in [5.74, 6) is 0.888. The van der Waals surface area contributed by atoms with Crippen LogP contribution in [0.25, 0.3) is 0 Å². The lowest BCUT2D eigenvalue weighted by atomic mass is 10.1. The zero-order chi connectivity index (χ0) is 14.0. The normalized spacial score (nSPS) is 10.3. The van der Waals surface area contributed by atoms with Gasteiger partial charge in [-0.1, -0.05) is 23.2 Å². The number of hydrogen-bond donors (Lipinski definition) is 0. The number of ether oxygens (including phenoxy) is 2. The molecule has 2 aromatic rings. The van der Waals surface area contributed by atoms with E-state index in [0.29, 0.717) is 32.0 Å². The number of halogens is 2. The summed E-state index contributed by atoms with van der Waals surface area (Å²) in [5.41, 5.74) is 0.344. The van der Waals surface area contributed by atoms with Crippen molar-refractivity contribution in [2.24, 2.45) is 0 Å². The van der Waals surface area contributed by atoms with Crippen molar-refractivity contribution in [3.63, 3.8) is 0 Å². The third-order valence-electron chi connectivity index (χ3n) is 2.52. The van der Waals surface area contributed by atoms with Crippen molar-refractivity contribution in [3.05, 3.63) is 44.1 Å². The first-order valence-corrected chi connectivity index (χ1v) is 6.90. The molecule has 0 fully saturated rings. The number of carbonyl (C=O) groups is 1. The molecule has 0 aliphatic rings. The monoisotopic (exact) mass is 316 g/mol. The molecule has 1 aromatic carbocycles. The van der Waals surface area contributed by atoms with E-state index < -0.39 is 0 Å². The Hall–Kier alpha value is -1.23. The Labute approximate surface area is 124 Å². The second-order valence-electron chi connectivity index (χ2n) is 3.65. The summed E-state index contributed by atoms with van der Waals surface area (Å²) in [5, 5.41) is 2.41. The summed E-state index contributed by atoms with van der Waals surface area (Å²) < 4.78 is 10.1. The smallest absolute Gasteiger partial charge is 0.204 e. The Morgan fingerprint density at radius 3 is 2.42 bits per heavy atom. The summed E-state index contributed by atoms with van der Waals surface area (Å²) >= 11 is 13.4. The van der Waals surface area contributed by atoms with Crippen molar-refractivity contribution in [1.29, 1.82) is 0 Å². The van der Waals surface area contributed by atoms with Crippen LogP contribution >= 0.6 is 34.5 Å². The van der Waals surface area contributed by atoms with Gasteiger partial charge in [0, 0.05) is 23.1 Å². The van der Waals surface area contributed by atoms with Gasteiger partial charge in [0.05, 0.1) is 29.1 Å².